The van der Waals surface area contributed by atoms with Crippen LogP contribution in [0.2, 0.25) is 0 Å². The number of methoxy groups -OCH3 is 2. The van der Waals surface area contributed by atoms with Crippen LogP contribution in [0.15, 0.2) is 42.7 Å². The molecule has 24 heavy (non-hydrogen) atoms. The molecule has 6 nitrogen and oxygen atoms in total. The quantitative estimate of drug-likeness (QED) is 0.704. The molecule has 3 aromatic rings. The van der Waals surface area contributed by atoms with Crippen molar-refractivity contribution < 1.29 is 19.4 Å². The molecule has 0 aliphatic carbocycles. The summed E-state index contributed by atoms with van der Waals surface area (Å²) in [6.07, 6.45) is 5.00. The summed E-state index contributed by atoms with van der Waals surface area (Å²) < 4.78 is 10.5. The van der Waals surface area contributed by atoms with Gasteiger partial charge in [0.15, 0.2) is 0 Å². The molecule has 0 unspecified atom stereocenters. The molecule has 0 atom stereocenters. The van der Waals surface area contributed by atoms with Crippen LogP contribution >= 0.6 is 0 Å². The van der Waals surface area contributed by atoms with E-state index in [2.05, 4.69) is 9.97 Å². The number of carboxylic acid groups (broad SMARTS) is 1. The molecule has 2 N–H and O–H groups in total. The molecule has 0 spiro atoms. The summed E-state index contributed by atoms with van der Waals surface area (Å²) in [5.74, 6) is -0.0410. The Morgan fingerprint density at radius 1 is 1.25 bits per heavy atom. The first-order valence-electron chi connectivity index (χ1n) is 7.23. The summed E-state index contributed by atoms with van der Waals surface area (Å²) >= 11 is 0. The maximum atomic E-state index is 11.8. The maximum Gasteiger partial charge on any atom is 0.336 e. The molecular weight excluding hydrogens is 308 g/mol. The summed E-state index contributed by atoms with van der Waals surface area (Å²) in [7, 11) is 3.03. The number of pyridine rings is 1. The highest BCUT2D eigenvalue weighted by atomic mass is 16.5. The number of aromatic nitrogens is 2. The second kappa shape index (κ2) is 6.45. The van der Waals surface area contributed by atoms with E-state index in [1.165, 1.54) is 14.2 Å². The second-order valence-electron chi connectivity index (χ2n) is 5.07. The minimum Gasteiger partial charge on any atom is -0.497 e. The fourth-order valence-electron chi connectivity index (χ4n) is 2.53. The smallest absolute Gasteiger partial charge is 0.336 e. The lowest BCUT2D eigenvalue weighted by Gasteiger charge is -2.11. The van der Waals surface area contributed by atoms with Gasteiger partial charge < -0.3 is 19.6 Å². The summed E-state index contributed by atoms with van der Waals surface area (Å²) in [5, 5.41) is 10.5. The van der Waals surface area contributed by atoms with Crippen LogP contribution in [0.5, 0.6) is 11.5 Å². The highest BCUT2D eigenvalue weighted by Crippen LogP contribution is 2.32. The number of nitrogens with one attached hydrogen (secondary N) is 1. The van der Waals surface area contributed by atoms with Crippen molar-refractivity contribution in [2.75, 3.05) is 14.2 Å². The molecule has 1 aromatic carbocycles. The largest absolute Gasteiger partial charge is 0.497 e. The number of hydrogen-bond donors (Lipinski definition) is 2. The van der Waals surface area contributed by atoms with Crippen LogP contribution in [0.3, 0.4) is 0 Å². The lowest BCUT2D eigenvalue weighted by molar-refractivity contribution is -0.130. The average molecular weight is 324 g/mol. The standard InChI is InChI=1S/C18H16N2O4/c1-23-12-5-6-16(24-2)14(9-12)15(18(21)22)8-11-10-20-17-13(11)4-3-7-19-17/h3-10H,1-2H3,(H,19,20)(H,21,22). The van der Waals surface area contributed by atoms with Crippen LogP contribution in [-0.2, 0) is 4.79 Å². The van der Waals surface area contributed by atoms with E-state index in [1.54, 1.807) is 42.7 Å². The zero-order valence-electron chi connectivity index (χ0n) is 13.2. The van der Waals surface area contributed by atoms with Gasteiger partial charge in [-0.25, -0.2) is 9.78 Å². The predicted molar refractivity (Wildman–Crippen MR) is 91.1 cm³/mol. The Balaban J connectivity index is 2.19. The molecule has 0 radical (unpaired) electrons. The van der Waals surface area contributed by atoms with Gasteiger partial charge in [0.25, 0.3) is 0 Å². The topological polar surface area (TPSA) is 84.4 Å². The van der Waals surface area contributed by atoms with Crippen molar-refractivity contribution in [1.29, 1.82) is 0 Å². The first kappa shape index (κ1) is 15.6. The summed E-state index contributed by atoms with van der Waals surface area (Å²) in [6, 6.07) is 8.73. The molecule has 0 aliphatic heterocycles. The van der Waals surface area contributed by atoms with Crippen molar-refractivity contribution in [2.45, 2.75) is 0 Å². The van der Waals surface area contributed by atoms with Gasteiger partial charge in [0.2, 0.25) is 0 Å². The monoisotopic (exact) mass is 324 g/mol. The van der Waals surface area contributed by atoms with E-state index in [9.17, 15) is 9.90 Å². The van der Waals surface area contributed by atoms with E-state index in [1.807, 2.05) is 6.07 Å². The van der Waals surface area contributed by atoms with Crippen LogP contribution in [0, 0.1) is 0 Å². The van der Waals surface area contributed by atoms with Gasteiger partial charge in [0, 0.05) is 28.9 Å². The van der Waals surface area contributed by atoms with E-state index in [-0.39, 0.29) is 5.57 Å². The Bertz CT molecular complexity index is 928. The zero-order chi connectivity index (χ0) is 17.1. The van der Waals surface area contributed by atoms with Gasteiger partial charge in [-0.1, -0.05) is 0 Å². The molecule has 3 rings (SSSR count). The Labute approximate surface area is 138 Å². The number of fused-ring (bicyclic) bond motifs is 1. The van der Waals surface area contributed by atoms with E-state index in [0.717, 1.165) is 10.9 Å². The number of H-pyrrole nitrogens is 1. The molecule has 2 heterocycles. The minimum atomic E-state index is -1.06. The molecule has 0 bridgehead atoms. The summed E-state index contributed by atoms with van der Waals surface area (Å²) in [4.78, 5) is 19.1. The van der Waals surface area contributed by atoms with Gasteiger partial charge >= 0.3 is 5.97 Å². The molecule has 0 aliphatic rings. The first-order valence-corrected chi connectivity index (χ1v) is 7.23. The Morgan fingerprint density at radius 2 is 2.08 bits per heavy atom. The molecular formula is C18H16N2O4. The number of rotatable bonds is 5. The fraction of sp³-hybridized carbons (Fsp3) is 0.111. The number of carboxylic acids is 1. The second-order valence-corrected chi connectivity index (χ2v) is 5.07. The molecule has 0 saturated carbocycles. The van der Waals surface area contributed by atoms with Gasteiger partial charge in [-0.05, 0) is 36.4 Å². The van der Waals surface area contributed by atoms with Crippen molar-refractivity contribution >= 4 is 28.7 Å². The van der Waals surface area contributed by atoms with Crippen molar-refractivity contribution in [1.82, 2.24) is 9.97 Å². The van der Waals surface area contributed by atoms with Crippen LogP contribution < -0.4 is 9.47 Å². The number of nitrogens with zero attached hydrogens (tertiary/aromatic N) is 1. The molecule has 0 saturated heterocycles. The normalized spacial score (nSPS) is 11.5. The van der Waals surface area contributed by atoms with E-state index < -0.39 is 5.97 Å². The van der Waals surface area contributed by atoms with Crippen molar-refractivity contribution in [2.24, 2.45) is 0 Å². The number of aliphatic carboxylic acids is 1. The van der Waals surface area contributed by atoms with Crippen LogP contribution in [0.4, 0.5) is 0 Å². The number of benzene rings is 1. The summed E-state index contributed by atoms with van der Waals surface area (Å²) in [5.41, 5.74) is 1.99. The van der Waals surface area contributed by atoms with Crippen LogP contribution in [0.25, 0.3) is 22.7 Å². The lowest BCUT2D eigenvalue weighted by Crippen LogP contribution is -2.02. The van der Waals surface area contributed by atoms with Gasteiger partial charge in [0.05, 0.1) is 19.8 Å². The predicted octanol–water partition coefficient (Wildman–Crippen LogP) is 3.21. The van der Waals surface area contributed by atoms with E-state index >= 15 is 0 Å². The summed E-state index contributed by atoms with van der Waals surface area (Å²) in [6.45, 7) is 0. The first-order chi connectivity index (χ1) is 11.6. The van der Waals surface area contributed by atoms with E-state index in [0.29, 0.717) is 22.7 Å². The van der Waals surface area contributed by atoms with Crippen LogP contribution in [0.1, 0.15) is 11.1 Å². The Morgan fingerprint density at radius 3 is 2.79 bits per heavy atom. The van der Waals surface area contributed by atoms with Gasteiger partial charge in [-0.2, -0.15) is 0 Å². The lowest BCUT2D eigenvalue weighted by atomic mass is 10.0. The Hall–Kier alpha value is -3.28. The molecule has 122 valence electrons. The van der Waals surface area contributed by atoms with Gasteiger partial charge in [-0.3, -0.25) is 0 Å². The molecule has 6 heteroatoms. The van der Waals surface area contributed by atoms with Crippen molar-refractivity contribution in [3.05, 3.63) is 53.9 Å². The van der Waals surface area contributed by atoms with Crippen molar-refractivity contribution in [3.8, 4) is 11.5 Å². The third-order valence-electron chi connectivity index (χ3n) is 3.71. The zero-order valence-corrected chi connectivity index (χ0v) is 13.2. The average Bonchev–Trinajstić information content (AvgIpc) is 3.02. The highest BCUT2D eigenvalue weighted by Gasteiger charge is 2.17. The fourth-order valence-corrected chi connectivity index (χ4v) is 2.53. The highest BCUT2D eigenvalue weighted by molar-refractivity contribution is 6.22. The molecule has 0 amide bonds. The van der Waals surface area contributed by atoms with Gasteiger partial charge in [0.1, 0.15) is 17.1 Å². The molecule has 2 aromatic heterocycles. The molecule has 0 fully saturated rings. The van der Waals surface area contributed by atoms with Crippen molar-refractivity contribution in [3.63, 3.8) is 0 Å². The SMILES string of the molecule is COc1ccc(OC)c(C(=Cc2c[nH]c3ncccc23)C(=O)O)c1. The third-order valence-corrected chi connectivity index (χ3v) is 3.71. The Kier molecular flexibility index (Phi) is 4.20. The van der Waals surface area contributed by atoms with Gasteiger partial charge in [-0.15, -0.1) is 0 Å². The van der Waals surface area contributed by atoms with E-state index in [4.69, 9.17) is 9.47 Å². The number of hydrogen-bond acceptors (Lipinski definition) is 4. The number of ether oxygens (including phenoxy) is 2. The maximum absolute atomic E-state index is 11.8. The number of aromatic amines is 1. The minimum absolute atomic E-state index is 0.107. The third kappa shape index (κ3) is 2.81. The van der Waals surface area contributed by atoms with Crippen LogP contribution in [-0.4, -0.2) is 35.3 Å². The number of carbonyl (C=O) groups is 1.